The van der Waals surface area contributed by atoms with Crippen molar-refractivity contribution in [2.24, 2.45) is 0 Å². The molecule has 0 N–H and O–H groups in total. The van der Waals surface area contributed by atoms with Crippen molar-refractivity contribution in [2.75, 3.05) is 0 Å². The second kappa shape index (κ2) is 5.28. The first-order valence-corrected chi connectivity index (χ1v) is 7.25. The third-order valence-electron chi connectivity index (χ3n) is 3.66. The molecule has 4 heterocycles. The third-order valence-corrected chi connectivity index (χ3v) is 3.66. The summed E-state index contributed by atoms with van der Waals surface area (Å²) in [5.41, 5.74) is 4.71. The number of hydrogen-bond donors (Lipinski definition) is 0. The van der Waals surface area contributed by atoms with E-state index in [2.05, 4.69) is 15.0 Å². The second-order valence-electron chi connectivity index (χ2n) is 5.27. The zero-order chi connectivity index (χ0) is 15.8. The summed E-state index contributed by atoms with van der Waals surface area (Å²) >= 11 is 0. The highest BCUT2D eigenvalue weighted by Gasteiger charge is 2.17. The Morgan fingerprint density at radius 3 is 2.74 bits per heavy atom. The first-order valence-electron chi connectivity index (χ1n) is 7.25. The van der Waals surface area contributed by atoms with Crippen molar-refractivity contribution in [3.05, 3.63) is 72.6 Å². The minimum atomic E-state index is -0.517. The first-order chi connectivity index (χ1) is 11.2. The van der Waals surface area contributed by atoms with Gasteiger partial charge in [-0.2, -0.15) is 4.39 Å². The Labute approximate surface area is 132 Å². The molecule has 0 aliphatic rings. The van der Waals surface area contributed by atoms with Crippen molar-refractivity contribution >= 4 is 5.65 Å². The van der Waals surface area contributed by atoms with E-state index in [1.54, 1.807) is 18.3 Å². The Hall–Kier alpha value is -3.08. The number of fused-ring (bicyclic) bond motifs is 1. The number of aryl methyl sites for hydroxylation is 1. The van der Waals surface area contributed by atoms with Gasteiger partial charge in [0.1, 0.15) is 11.3 Å². The molecule has 0 atom stereocenters. The van der Waals surface area contributed by atoms with Gasteiger partial charge in [-0.05, 0) is 43.3 Å². The summed E-state index contributed by atoms with van der Waals surface area (Å²) < 4.78 is 15.5. The summed E-state index contributed by atoms with van der Waals surface area (Å²) in [4.78, 5) is 12.9. The third kappa shape index (κ3) is 2.36. The summed E-state index contributed by atoms with van der Waals surface area (Å²) in [5, 5.41) is 0. The predicted molar refractivity (Wildman–Crippen MR) is 86.3 cm³/mol. The highest BCUT2D eigenvalue weighted by molar-refractivity contribution is 5.80. The van der Waals surface area contributed by atoms with Crippen LogP contribution in [-0.4, -0.2) is 19.4 Å². The standard InChI is InChI=1S/C18H13FN4/c1-12-11-13(8-9-20-12)18-17(14-5-4-6-15(19)21-14)22-16-7-2-3-10-23(16)18/h2-11H,1H3. The van der Waals surface area contributed by atoms with E-state index in [9.17, 15) is 4.39 Å². The van der Waals surface area contributed by atoms with Crippen LogP contribution in [0.2, 0.25) is 0 Å². The van der Waals surface area contributed by atoms with Gasteiger partial charge in [-0.25, -0.2) is 9.97 Å². The molecule has 0 saturated carbocycles. The van der Waals surface area contributed by atoms with Crippen molar-refractivity contribution in [1.82, 2.24) is 19.4 Å². The number of nitrogens with zero attached hydrogens (tertiary/aromatic N) is 4. The van der Waals surface area contributed by atoms with E-state index in [-0.39, 0.29) is 0 Å². The number of rotatable bonds is 2. The van der Waals surface area contributed by atoms with Gasteiger partial charge in [0.15, 0.2) is 0 Å². The maximum absolute atomic E-state index is 13.6. The van der Waals surface area contributed by atoms with Crippen LogP contribution >= 0.6 is 0 Å². The van der Waals surface area contributed by atoms with E-state index in [0.717, 1.165) is 22.6 Å². The molecule has 0 radical (unpaired) electrons. The Morgan fingerprint density at radius 1 is 1.00 bits per heavy atom. The lowest BCUT2D eigenvalue weighted by Gasteiger charge is -2.06. The largest absolute Gasteiger partial charge is 0.299 e. The Bertz CT molecular complexity index is 1010. The minimum absolute atomic E-state index is 0.512. The molecule has 0 aliphatic carbocycles. The highest BCUT2D eigenvalue weighted by Crippen LogP contribution is 2.31. The van der Waals surface area contributed by atoms with Gasteiger partial charge in [-0.1, -0.05) is 12.1 Å². The van der Waals surface area contributed by atoms with E-state index in [1.807, 2.05) is 47.9 Å². The first kappa shape index (κ1) is 13.6. The molecule has 4 aromatic heterocycles. The quantitative estimate of drug-likeness (QED) is 0.527. The molecular formula is C18H13FN4. The molecule has 0 fully saturated rings. The lowest BCUT2D eigenvalue weighted by molar-refractivity contribution is 0.585. The average Bonchev–Trinajstić information content (AvgIpc) is 2.94. The van der Waals surface area contributed by atoms with Crippen LogP contribution < -0.4 is 0 Å². The number of aromatic nitrogens is 4. The van der Waals surface area contributed by atoms with Crippen molar-refractivity contribution in [3.8, 4) is 22.6 Å². The molecule has 0 bridgehead atoms. The Balaban J connectivity index is 2.06. The molecule has 0 aromatic carbocycles. The van der Waals surface area contributed by atoms with Gasteiger partial charge in [0.05, 0.1) is 11.4 Å². The maximum atomic E-state index is 13.6. The van der Waals surface area contributed by atoms with E-state index < -0.39 is 5.95 Å². The number of imidazole rings is 1. The molecule has 4 nitrogen and oxygen atoms in total. The van der Waals surface area contributed by atoms with E-state index in [1.165, 1.54) is 6.07 Å². The summed E-state index contributed by atoms with van der Waals surface area (Å²) in [5.74, 6) is -0.517. The molecule has 0 unspecified atom stereocenters. The van der Waals surface area contributed by atoms with Gasteiger partial charge in [0, 0.05) is 23.7 Å². The lowest BCUT2D eigenvalue weighted by Crippen LogP contribution is -1.93. The zero-order valence-corrected chi connectivity index (χ0v) is 12.4. The summed E-state index contributed by atoms with van der Waals surface area (Å²) in [6, 6.07) is 14.4. The number of halogens is 1. The fourth-order valence-electron chi connectivity index (χ4n) is 2.68. The van der Waals surface area contributed by atoms with Gasteiger partial charge in [0.25, 0.3) is 0 Å². The van der Waals surface area contributed by atoms with Crippen LogP contribution in [0.25, 0.3) is 28.3 Å². The highest BCUT2D eigenvalue weighted by atomic mass is 19.1. The van der Waals surface area contributed by atoms with E-state index in [4.69, 9.17) is 0 Å². The Morgan fingerprint density at radius 2 is 1.91 bits per heavy atom. The molecule has 0 amide bonds. The van der Waals surface area contributed by atoms with Crippen LogP contribution in [0.5, 0.6) is 0 Å². The van der Waals surface area contributed by atoms with Crippen LogP contribution in [0.3, 0.4) is 0 Å². The van der Waals surface area contributed by atoms with Crippen LogP contribution in [0, 0.1) is 12.9 Å². The second-order valence-corrected chi connectivity index (χ2v) is 5.27. The fourth-order valence-corrected chi connectivity index (χ4v) is 2.68. The average molecular weight is 304 g/mol. The molecule has 0 spiro atoms. The summed E-state index contributed by atoms with van der Waals surface area (Å²) in [7, 11) is 0. The molecular weight excluding hydrogens is 291 g/mol. The Kier molecular flexibility index (Phi) is 3.12. The van der Waals surface area contributed by atoms with Crippen LogP contribution in [-0.2, 0) is 0 Å². The number of pyridine rings is 3. The van der Waals surface area contributed by atoms with Crippen LogP contribution in [0.1, 0.15) is 5.69 Å². The maximum Gasteiger partial charge on any atom is 0.213 e. The smallest absolute Gasteiger partial charge is 0.213 e. The van der Waals surface area contributed by atoms with Crippen LogP contribution in [0.4, 0.5) is 4.39 Å². The van der Waals surface area contributed by atoms with Gasteiger partial charge in [-0.15, -0.1) is 0 Å². The molecule has 0 aliphatic heterocycles. The molecule has 5 heteroatoms. The molecule has 0 saturated heterocycles. The van der Waals surface area contributed by atoms with Crippen molar-refractivity contribution in [1.29, 1.82) is 0 Å². The monoisotopic (exact) mass is 304 g/mol. The topological polar surface area (TPSA) is 43.1 Å². The van der Waals surface area contributed by atoms with Gasteiger partial charge >= 0.3 is 0 Å². The van der Waals surface area contributed by atoms with Gasteiger partial charge in [0.2, 0.25) is 5.95 Å². The SMILES string of the molecule is Cc1cc(-c2c(-c3cccc(F)n3)nc3ccccn23)ccn1. The van der Waals surface area contributed by atoms with Crippen molar-refractivity contribution in [3.63, 3.8) is 0 Å². The molecule has 23 heavy (non-hydrogen) atoms. The zero-order valence-electron chi connectivity index (χ0n) is 12.4. The predicted octanol–water partition coefficient (Wildman–Crippen LogP) is 3.91. The van der Waals surface area contributed by atoms with E-state index >= 15 is 0 Å². The van der Waals surface area contributed by atoms with E-state index in [0.29, 0.717) is 11.4 Å². The molecule has 4 rings (SSSR count). The van der Waals surface area contributed by atoms with Gasteiger partial charge in [-0.3, -0.25) is 9.38 Å². The minimum Gasteiger partial charge on any atom is -0.299 e. The van der Waals surface area contributed by atoms with Crippen molar-refractivity contribution in [2.45, 2.75) is 6.92 Å². The summed E-state index contributed by atoms with van der Waals surface area (Å²) in [6.07, 6.45) is 3.70. The van der Waals surface area contributed by atoms with Crippen LogP contribution in [0.15, 0.2) is 60.9 Å². The fraction of sp³-hybridized carbons (Fsp3) is 0.0556. The normalized spacial score (nSPS) is 11.0. The molecule has 4 aromatic rings. The lowest BCUT2D eigenvalue weighted by atomic mass is 10.1. The summed E-state index contributed by atoms with van der Waals surface area (Å²) in [6.45, 7) is 1.94. The van der Waals surface area contributed by atoms with Crippen molar-refractivity contribution < 1.29 is 4.39 Å². The number of hydrogen-bond acceptors (Lipinski definition) is 3. The molecule has 112 valence electrons. The van der Waals surface area contributed by atoms with Gasteiger partial charge < -0.3 is 0 Å².